The Balaban J connectivity index is 2.74. The molecule has 9 heteroatoms. The summed E-state index contributed by atoms with van der Waals surface area (Å²) in [5, 5.41) is 29.3. The standard InChI is InChI=1S/C15H11I4NO4/c16-9-7(5-1-3-6(21)4-2-5)14(22)12(19)10(17)8(9)11(18)13(20)15(23)24/h1-4,11,13,21-22H,20H2,(H,23,24). The van der Waals surface area contributed by atoms with Gasteiger partial charge >= 0.3 is 5.97 Å². The van der Waals surface area contributed by atoms with Crippen molar-refractivity contribution in [2.24, 2.45) is 5.73 Å². The van der Waals surface area contributed by atoms with Crippen LogP contribution in [0.4, 0.5) is 0 Å². The van der Waals surface area contributed by atoms with E-state index in [-0.39, 0.29) is 11.5 Å². The van der Waals surface area contributed by atoms with Gasteiger partial charge in [0.15, 0.2) is 0 Å². The molecule has 24 heavy (non-hydrogen) atoms. The minimum absolute atomic E-state index is 0.131. The fourth-order valence-electron chi connectivity index (χ4n) is 2.11. The topological polar surface area (TPSA) is 104 Å². The Bertz CT molecular complexity index is 795. The van der Waals surface area contributed by atoms with E-state index in [2.05, 4.69) is 45.2 Å². The number of hydrogen-bond acceptors (Lipinski definition) is 4. The van der Waals surface area contributed by atoms with Gasteiger partial charge in [-0.25, -0.2) is 0 Å². The number of carbonyl (C=O) groups is 1. The van der Waals surface area contributed by atoms with Crippen molar-refractivity contribution in [2.75, 3.05) is 0 Å². The van der Waals surface area contributed by atoms with E-state index >= 15 is 0 Å². The van der Waals surface area contributed by atoms with Gasteiger partial charge in [0.05, 0.1) is 7.49 Å². The molecule has 0 aliphatic heterocycles. The lowest BCUT2D eigenvalue weighted by Crippen LogP contribution is -2.34. The molecule has 2 aromatic rings. The maximum Gasteiger partial charge on any atom is 0.321 e. The molecule has 0 amide bonds. The first-order chi connectivity index (χ1) is 11.2. The molecular formula is C15H11I4NO4. The van der Waals surface area contributed by atoms with E-state index in [1.165, 1.54) is 0 Å². The normalized spacial score (nSPS) is 13.5. The minimum atomic E-state index is -1.07. The summed E-state index contributed by atoms with van der Waals surface area (Å²) in [5.41, 5.74) is 7.94. The zero-order valence-electron chi connectivity index (χ0n) is 11.8. The predicted molar refractivity (Wildman–Crippen MR) is 126 cm³/mol. The number of aromatic hydroxyl groups is 2. The number of phenols is 2. The molecule has 2 rings (SSSR count). The van der Waals surface area contributed by atoms with Crippen LogP contribution >= 0.6 is 90.4 Å². The Kier molecular flexibility index (Phi) is 7.23. The van der Waals surface area contributed by atoms with Crippen molar-refractivity contribution in [3.63, 3.8) is 0 Å². The van der Waals surface area contributed by atoms with Gasteiger partial charge < -0.3 is 21.1 Å². The van der Waals surface area contributed by atoms with Gasteiger partial charge in [0.1, 0.15) is 17.5 Å². The van der Waals surface area contributed by atoms with E-state index < -0.39 is 15.9 Å². The number of carboxylic acids is 1. The average molecular weight is 777 g/mol. The SMILES string of the molecule is NC(C(=O)O)C(I)c1c(I)c(I)c(O)c(-c2ccc(O)cc2)c1I. The molecule has 0 radical (unpaired) electrons. The van der Waals surface area contributed by atoms with Gasteiger partial charge in [-0.15, -0.1) is 0 Å². The van der Waals surface area contributed by atoms with Gasteiger partial charge in [0.25, 0.3) is 0 Å². The summed E-state index contributed by atoms with van der Waals surface area (Å²) in [4.78, 5) is 11.3. The van der Waals surface area contributed by atoms with Crippen molar-refractivity contribution in [1.29, 1.82) is 0 Å². The number of benzene rings is 2. The number of hydrogen-bond donors (Lipinski definition) is 4. The molecule has 0 aliphatic rings. The van der Waals surface area contributed by atoms with Crippen LogP contribution in [0.2, 0.25) is 0 Å². The number of rotatable bonds is 4. The second-order valence-corrected chi connectivity index (χ2v) is 9.47. The fraction of sp³-hybridized carbons (Fsp3) is 0.133. The Morgan fingerprint density at radius 2 is 1.54 bits per heavy atom. The molecule has 0 heterocycles. The Labute approximate surface area is 193 Å². The zero-order chi connectivity index (χ0) is 18.2. The van der Waals surface area contributed by atoms with E-state index in [0.717, 1.165) is 18.3 Å². The van der Waals surface area contributed by atoms with Crippen LogP contribution in [0, 0.1) is 10.7 Å². The zero-order valence-corrected chi connectivity index (χ0v) is 20.4. The first-order valence-corrected chi connectivity index (χ1v) is 11.0. The average Bonchev–Trinajstić information content (AvgIpc) is 2.53. The number of nitrogens with two attached hydrogens (primary N) is 1. The summed E-state index contributed by atoms with van der Waals surface area (Å²) in [6.45, 7) is 0. The van der Waals surface area contributed by atoms with Crippen molar-refractivity contribution in [3.8, 4) is 22.6 Å². The lowest BCUT2D eigenvalue weighted by Gasteiger charge is -2.22. The molecular weight excluding hydrogens is 766 g/mol. The lowest BCUT2D eigenvalue weighted by molar-refractivity contribution is -0.138. The first kappa shape index (κ1) is 20.7. The number of alkyl halides is 1. The van der Waals surface area contributed by atoms with Gasteiger partial charge in [-0.05, 0) is 91.0 Å². The van der Waals surface area contributed by atoms with Crippen molar-refractivity contribution in [3.05, 3.63) is 40.5 Å². The highest BCUT2D eigenvalue weighted by Gasteiger charge is 2.31. The van der Waals surface area contributed by atoms with Crippen LogP contribution in [0.3, 0.4) is 0 Å². The number of phenolic OH excluding ortho intramolecular Hbond substituents is 2. The van der Waals surface area contributed by atoms with Crippen LogP contribution in [-0.4, -0.2) is 27.3 Å². The Hall–Kier alpha value is 0.390. The molecule has 0 aromatic heterocycles. The van der Waals surface area contributed by atoms with Crippen molar-refractivity contribution >= 4 is 96.3 Å². The molecule has 0 aliphatic carbocycles. The van der Waals surface area contributed by atoms with Crippen LogP contribution < -0.4 is 5.73 Å². The van der Waals surface area contributed by atoms with Crippen molar-refractivity contribution in [2.45, 2.75) is 9.97 Å². The Morgan fingerprint density at radius 1 is 1.00 bits per heavy atom. The van der Waals surface area contributed by atoms with Crippen LogP contribution in [0.25, 0.3) is 11.1 Å². The minimum Gasteiger partial charge on any atom is -0.508 e. The summed E-state index contributed by atoms with van der Waals surface area (Å²) in [6, 6.07) is 5.44. The van der Waals surface area contributed by atoms with Gasteiger partial charge in [-0.3, -0.25) is 4.79 Å². The van der Waals surface area contributed by atoms with Crippen molar-refractivity contribution in [1.82, 2.24) is 0 Å². The summed E-state index contributed by atoms with van der Waals surface area (Å²) >= 11 is 8.28. The maximum absolute atomic E-state index is 11.3. The molecule has 0 fully saturated rings. The highest BCUT2D eigenvalue weighted by molar-refractivity contribution is 14.1. The lowest BCUT2D eigenvalue weighted by atomic mass is 9.98. The molecule has 5 nitrogen and oxygen atoms in total. The Morgan fingerprint density at radius 3 is 2.04 bits per heavy atom. The summed E-state index contributed by atoms with van der Waals surface area (Å²) < 4.78 is 1.72. The molecule has 0 saturated carbocycles. The third-order valence-electron chi connectivity index (χ3n) is 3.36. The second-order valence-electron chi connectivity index (χ2n) is 4.89. The fourth-order valence-corrected chi connectivity index (χ4v) is 7.34. The number of aliphatic carboxylic acids is 1. The smallest absolute Gasteiger partial charge is 0.321 e. The summed E-state index contributed by atoms with van der Waals surface area (Å²) in [6.07, 6.45) is 0. The third kappa shape index (κ3) is 4.03. The van der Waals surface area contributed by atoms with Crippen LogP contribution in [-0.2, 0) is 4.79 Å². The molecule has 2 aromatic carbocycles. The quantitative estimate of drug-likeness (QED) is 0.209. The monoisotopic (exact) mass is 777 g/mol. The molecule has 2 atom stereocenters. The van der Waals surface area contributed by atoms with E-state index in [1.54, 1.807) is 24.3 Å². The van der Waals surface area contributed by atoms with Crippen molar-refractivity contribution < 1.29 is 20.1 Å². The highest BCUT2D eigenvalue weighted by atomic mass is 127. The molecule has 0 saturated heterocycles. The van der Waals surface area contributed by atoms with Gasteiger partial charge in [-0.1, -0.05) is 34.7 Å². The van der Waals surface area contributed by atoms with E-state index in [0.29, 0.717) is 9.13 Å². The third-order valence-corrected chi connectivity index (χ3v) is 9.08. The van der Waals surface area contributed by atoms with Crippen LogP contribution in [0.1, 0.15) is 9.49 Å². The molecule has 2 unspecified atom stereocenters. The predicted octanol–water partition coefficient (Wildman–Crippen LogP) is 4.47. The second kappa shape index (κ2) is 8.39. The van der Waals surface area contributed by atoms with Gasteiger partial charge in [0, 0.05) is 12.7 Å². The van der Waals surface area contributed by atoms with Crippen LogP contribution in [0.5, 0.6) is 11.5 Å². The van der Waals surface area contributed by atoms with Gasteiger partial charge in [-0.2, -0.15) is 0 Å². The van der Waals surface area contributed by atoms with E-state index in [4.69, 9.17) is 5.73 Å². The molecule has 128 valence electrons. The van der Waals surface area contributed by atoms with Gasteiger partial charge in [0.2, 0.25) is 0 Å². The molecule has 0 spiro atoms. The molecule has 5 N–H and O–H groups in total. The largest absolute Gasteiger partial charge is 0.508 e. The first-order valence-electron chi connectivity index (χ1n) is 6.48. The van der Waals surface area contributed by atoms with Crippen LogP contribution in [0.15, 0.2) is 24.3 Å². The number of halogens is 4. The number of carboxylic acid groups (broad SMARTS) is 1. The summed E-state index contributed by atoms with van der Waals surface area (Å²) in [7, 11) is 0. The molecule has 0 bridgehead atoms. The summed E-state index contributed by atoms with van der Waals surface area (Å²) in [5.74, 6) is -0.810. The maximum atomic E-state index is 11.3. The van der Waals surface area contributed by atoms with E-state index in [1.807, 2.05) is 45.2 Å². The highest BCUT2D eigenvalue weighted by Crippen LogP contribution is 2.46. The van der Waals surface area contributed by atoms with E-state index in [9.17, 15) is 20.1 Å².